The monoisotopic (exact) mass is 1030 g/mol. The van der Waals surface area contributed by atoms with Gasteiger partial charge in [-0.3, -0.25) is 14.4 Å². The molecule has 3 N–H and O–H groups in total. The molecule has 1 fully saturated rings. The van der Waals surface area contributed by atoms with Crippen LogP contribution in [0.3, 0.4) is 0 Å². The first-order valence-corrected chi connectivity index (χ1v) is 29.3. The Bertz CT molecular complexity index is 1500. The van der Waals surface area contributed by atoms with Crippen molar-refractivity contribution in [3.05, 3.63) is 60.8 Å². The van der Waals surface area contributed by atoms with Crippen LogP contribution in [-0.2, 0) is 42.9 Å². The van der Waals surface area contributed by atoms with Gasteiger partial charge in [-0.15, -0.1) is 0 Å². The van der Waals surface area contributed by atoms with Crippen molar-refractivity contribution in [2.75, 3.05) is 13.2 Å². The Morgan fingerprint density at radius 1 is 0.466 bits per heavy atom. The summed E-state index contributed by atoms with van der Waals surface area (Å²) in [5.41, 5.74) is 0. The molecule has 0 aromatic carbocycles. The highest BCUT2D eigenvalue weighted by Crippen LogP contribution is 2.26. The van der Waals surface area contributed by atoms with Crippen LogP contribution in [-0.4, -0.2) is 89.2 Å². The van der Waals surface area contributed by atoms with Crippen molar-refractivity contribution in [1.82, 2.24) is 0 Å². The minimum absolute atomic E-state index is 0.0582. The number of carbonyl (C=O) groups excluding carboxylic acids is 3. The lowest BCUT2D eigenvalue weighted by Crippen LogP contribution is -2.61. The molecule has 0 amide bonds. The first kappa shape index (κ1) is 67.4. The largest absolute Gasteiger partial charge is 0.479 e. The summed E-state index contributed by atoms with van der Waals surface area (Å²) in [6.45, 7) is 5.82. The maximum atomic E-state index is 13.1. The average Bonchev–Trinajstić information content (AvgIpc) is 3.37. The highest BCUT2D eigenvalue weighted by molar-refractivity contribution is 5.74. The van der Waals surface area contributed by atoms with Crippen molar-refractivity contribution in [2.24, 2.45) is 0 Å². The first-order valence-electron chi connectivity index (χ1n) is 29.3. The Morgan fingerprint density at radius 3 is 1.33 bits per heavy atom. The molecule has 0 radical (unpaired) electrons. The highest BCUT2D eigenvalue weighted by Gasteiger charge is 2.50. The lowest BCUT2D eigenvalue weighted by Gasteiger charge is -2.40. The number of allylic oxidation sites excluding steroid dienone is 10. The summed E-state index contributed by atoms with van der Waals surface area (Å²) in [7, 11) is 0. The van der Waals surface area contributed by atoms with Gasteiger partial charge >= 0.3 is 23.9 Å². The van der Waals surface area contributed by atoms with E-state index in [1.54, 1.807) is 0 Å². The van der Waals surface area contributed by atoms with Gasteiger partial charge in [0, 0.05) is 19.3 Å². The lowest BCUT2D eigenvalue weighted by atomic mass is 9.98. The quantitative estimate of drug-likeness (QED) is 0.0228. The summed E-state index contributed by atoms with van der Waals surface area (Å²) in [6.07, 6.45) is 47.8. The smallest absolute Gasteiger partial charge is 0.335 e. The van der Waals surface area contributed by atoms with Crippen molar-refractivity contribution in [3.63, 3.8) is 0 Å². The van der Waals surface area contributed by atoms with E-state index in [-0.39, 0.29) is 25.9 Å². The van der Waals surface area contributed by atoms with Crippen LogP contribution in [0.2, 0.25) is 0 Å². The van der Waals surface area contributed by atoms with Crippen LogP contribution in [0.5, 0.6) is 0 Å². The summed E-state index contributed by atoms with van der Waals surface area (Å²) in [5, 5.41) is 31.4. The molecule has 1 rings (SSSR count). The number of carboxylic acids is 1. The minimum Gasteiger partial charge on any atom is -0.479 e. The molecule has 0 aliphatic carbocycles. The van der Waals surface area contributed by atoms with E-state index in [0.717, 1.165) is 109 Å². The van der Waals surface area contributed by atoms with Gasteiger partial charge in [-0.1, -0.05) is 210 Å². The van der Waals surface area contributed by atoms with Crippen LogP contribution in [0, 0.1) is 0 Å². The Balaban J connectivity index is 2.69. The summed E-state index contributed by atoms with van der Waals surface area (Å²) in [4.78, 5) is 51.0. The Morgan fingerprint density at radius 2 is 0.863 bits per heavy atom. The van der Waals surface area contributed by atoms with E-state index in [4.69, 9.17) is 23.7 Å². The van der Waals surface area contributed by atoms with Gasteiger partial charge in [0.15, 0.2) is 24.6 Å². The Labute approximate surface area is 443 Å². The lowest BCUT2D eigenvalue weighted by molar-refractivity contribution is -0.301. The van der Waals surface area contributed by atoms with Gasteiger partial charge in [0.1, 0.15) is 18.8 Å². The zero-order valence-corrected chi connectivity index (χ0v) is 46.1. The molecule has 0 aromatic heterocycles. The van der Waals surface area contributed by atoms with E-state index in [1.165, 1.54) is 83.5 Å². The van der Waals surface area contributed by atoms with Crippen LogP contribution in [0.15, 0.2) is 60.8 Å². The van der Waals surface area contributed by atoms with Crippen molar-refractivity contribution in [3.8, 4) is 0 Å². The number of unbranched alkanes of at least 4 members (excludes halogenated alkanes) is 25. The molecule has 6 unspecified atom stereocenters. The Hall–Kier alpha value is -3.58. The van der Waals surface area contributed by atoms with Crippen LogP contribution >= 0.6 is 0 Å². The Kier molecular flexibility index (Phi) is 45.5. The third-order valence-electron chi connectivity index (χ3n) is 13.1. The summed E-state index contributed by atoms with van der Waals surface area (Å²) < 4.78 is 28.4. The highest BCUT2D eigenvalue weighted by atomic mass is 16.7. The van der Waals surface area contributed by atoms with E-state index in [0.29, 0.717) is 19.3 Å². The summed E-state index contributed by atoms with van der Waals surface area (Å²) in [6, 6.07) is 0. The van der Waals surface area contributed by atoms with E-state index in [9.17, 15) is 34.5 Å². The van der Waals surface area contributed by atoms with E-state index in [1.807, 2.05) is 0 Å². The molecule has 12 nitrogen and oxygen atoms in total. The van der Waals surface area contributed by atoms with Crippen LogP contribution < -0.4 is 0 Å². The number of ether oxygens (including phenoxy) is 5. The second-order valence-corrected chi connectivity index (χ2v) is 19.9. The maximum Gasteiger partial charge on any atom is 0.335 e. The molecule has 1 aliphatic heterocycles. The number of carboxylic acid groups (broad SMARTS) is 1. The second-order valence-electron chi connectivity index (χ2n) is 19.9. The SMILES string of the molecule is CC/C=C\C/C=C\C/C=C\C/C=C\CCCCCCC(=O)OCC(COC1OC(C(=O)O)C(O)C(O)C1OC(=O)CCCCCCCCCCC)OC(=O)CCCCCCCCC/C=C\CCCCCCCC. The van der Waals surface area contributed by atoms with Crippen molar-refractivity contribution < 1.29 is 58.2 Å². The van der Waals surface area contributed by atoms with Crippen LogP contribution in [0.4, 0.5) is 0 Å². The number of rotatable bonds is 49. The molecule has 6 atom stereocenters. The zero-order chi connectivity index (χ0) is 53.3. The molecular formula is C61H104O12. The van der Waals surface area contributed by atoms with E-state index in [2.05, 4.69) is 81.5 Å². The van der Waals surface area contributed by atoms with Gasteiger partial charge in [0.05, 0.1) is 6.61 Å². The van der Waals surface area contributed by atoms with Gasteiger partial charge in [-0.2, -0.15) is 0 Å². The fourth-order valence-electron chi connectivity index (χ4n) is 8.59. The number of carbonyl (C=O) groups is 4. The topological polar surface area (TPSA) is 175 Å². The number of hydrogen-bond donors (Lipinski definition) is 3. The maximum absolute atomic E-state index is 13.1. The predicted octanol–water partition coefficient (Wildman–Crippen LogP) is 14.8. The van der Waals surface area contributed by atoms with Crippen LogP contribution in [0.25, 0.3) is 0 Å². The van der Waals surface area contributed by atoms with Crippen LogP contribution in [0.1, 0.15) is 252 Å². The molecule has 0 aromatic rings. The summed E-state index contributed by atoms with van der Waals surface area (Å²) in [5.74, 6) is -3.15. The van der Waals surface area contributed by atoms with Crippen molar-refractivity contribution >= 4 is 23.9 Å². The fourth-order valence-corrected chi connectivity index (χ4v) is 8.59. The number of esters is 3. The van der Waals surface area contributed by atoms with Gasteiger partial charge in [-0.25, -0.2) is 4.79 Å². The molecule has 1 aliphatic rings. The normalized spacial score (nSPS) is 18.7. The molecule has 1 heterocycles. The van der Waals surface area contributed by atoms with E-state index >= 15 is 0 Å². The summed E-state index contributed by atoms with van der Waals surface area (Å²) >= 11 is 0. The predicted molar refractivity (Wildman–Crippen MR) is 294 cm³/mol. The molecule has 420 valence electrons. The number of aliphatic hydroxyl groups excluding tert-OH is 2. The molecule has 0 bridgehead atoms. The molecule has 0 spiro atoms. The molecule has 0 saturated carbocycles. The molecule has 12 heteroatoms. The van der Waals surface area contributed by atoms with Gasteiger partial charge in [0.2, 0.25) is 0 Å². The van der Waals surface area contributed by atoms with Gasteiger partial charge in [-0.05, 0) is 83.5 Å². The van der Waals surface area contributed by atoms with E-state index < -0.39 is 67.3 Å². The number of aliphatic carboxylic acids is 1. The number of hydrogen-bond acceptors (Lipinski definition) is 11. The van der Waals surface area contributed by atoms with Gasteiger partial charge < -0.3 is 39.0 Å². The van der Waals surface area contributed by atoms with Crippen molar-refractivity contribution in [1.29, 1.82) is 0 Å². The average molecular weight is 1030 g/mol. The van der Waals surface area contributed by atoms with Crippen molar-refractivity contribution in [2.45, 2.75) is 289 Å². The first-order chi connectivity index (χ1) is 35.6. The minimum atomic E-state index is -1.90. The molecule has 1 saturated heterocycles. The standard InChI is InChI=1S/C61H104O12/c1-4-7-10-13-16-19-21-23-25-27-29-31-33-36-38-41-44-47-53(62)69-50-52(71-54(63)48-45-42-40-37-34-32-30-28-26-24-22-20-17-14-11-8-5-2)51-70-61-59(57(66)56(65)58(73-61)60(67)68)72-55(64)49-46-43-39-35-18-15-12-9-6-3/h7,10,16,19,23-26,29,31,52,56-59,61,65-66H,4-6,8-9,11-15,17-18,20-22,27-28,30,32-51H2,1-3H3,(H,67,68)/b10-7-,19-16-,25-23-,26-24-,31-29-. The second kappa shape index (κ2) is 49.3. The third-order valence-corrected chi connectivity index (χ3v) is 13.1. The zero-order valence-electron chi connectivity index (χ0n) is 46.1. The third kappa shape index (κ3) is 39.5. The molecule has 73 heavy (non-hydrogen) atoms. The van der Waals surface area contributed by atoms with Gasteiger partial charge in [0.25, 0.3) is 0 Å². The number of aliphatic hydroxyl groups is 2. The fraction of sp³-hybridized carbons (Fsp3) is 0.770. The molecular weight excluding hydrogens is 925 g/mol.